The monoisotopic (exact) mass is 294 g/mol. The Morgan fingerprint density at radius 2 is 2.20 bits per heavy atom. The summed E-state index contributed by atoms with van der Waals surface area (Å²) >= 11 is 1.03. The second kappa shape index (κ2) is 5.12. The van der Waals surface area contributed by atoms with E-state index < -0.39 is 17.4 Å². The molecule has 2 heterocycles. The third-order valence-electron chi connectivity index (χ3n) is 2.87. The van der Waals surface area contributed by atoms with Crippen LogP contribution in [-0.4, -0.2) is 37.3 Å². The molecule has 0 aliphatic rings. The van der Waals surface area contributed by atoms with E-state index in [9.17, 15) is 9.59 Å². The van der Waals surface area contributed by atoms with Gasteiger partial charge >= 0.3 is 5.97 Å². The van der Waals surface area contributed by atoms with Crippen LogP contribution in [0.25, 0.3) is 11.2 Å². The highest BCUT2D eigenvalue weighted by Gasteiger charge is 2.32. The minimum absolute atomic E-state index is 0.155. The quantitative estimate of drug-likeness (QED) is 0.790. The minimum Gasteiger partial charge on any atom is -0.481 e. The van der Waals surface area contributed by atoms with Gasteiger partial charge in [0.05, 0.1) is 5.75 Å². The lowest BCUT2D eigenvalue weighted by Gasteiger charge is -2.24. The SMILES string of the molecule is CC(C)(C(N)=O)n1c(SCC(=O)O)nc2cccnc21. The molecule has 8 heteroatoms. The molecule has 1 amide bonds. The number of carboxylic acid groups (broad SMARTS) is 1. The van der Waals surface area contributed by atoms with Crippen molar-refractivity contribution in [2.24, 2.45) is 5.73 Å². The number of nitrogens with zero attached hydrogens (tertiary/aromatic N) is 3. The van der Waals surface area contributed by atoms with Crippen molar-refractivity contribution >= 4 is 34.8 Å². The van der Waals surface area contributed by atoms with E-state index in [2.05, 4.69) is 9.97 Å². The fourth-order valence-corrected chi connectivity index (χ4v) is 2.59. The van der Waals surface area contributed by atoms with E-state index in [0.29, 0.717) is 16.3 Å². The predicted octanol–water partition coefficient (Wildman–Crippen LogP) is 0.828. The van der Waals surface area contributed by atoms with Gasteiger partial charge in [-0.3, -0.25) is 14.2 Å². The number of imidazole rings is 1. The molecular formula is C12H14N4O3S. The number of amides is 1. The Hall–Kier alpha value is -2.09. The van der Waals surface area contributed by atoms with Gasteiger partial charge in [0.25, 0.3) is 0 Å². The third kappa shape index (κ3) is 2.46. The molecule has 0 saturated heterocycles. The molecule has 20 heavy (non-hydrogen) atoms. The van der Waals surface area contributed by atoms with Gasteiger partial charge in [0.2, 0.25) is 5.91 Å². The second-order valence-electron chi connectivity index (χ2n) is 4.68. The molecule has 0 saturated carbocycles. The number of thioether (sulfide) groups is 1. The standard InChI is InChI=1S/C12H14N4O3S/c1-12(2,10(13)19)16-9-7(4-3-5-14-9)15-11(16)20-6-8(17)18/h3-5H,6H2,1-2H3,(H2,13,19)(H,17,18). The molecule has 0 aliphatic carbocycles. The molecule has 2 aromatic heterocycles. The lowest BCUT2D eigenvalue weighted by atomic mass is 10.1. The lowest BCUT2D eigenvalue weighted by molar-refractivity contribution is -0.133. The molecule has 0 aromatic carbocycles. The van der Waals surface area contributed by atoms with Crippen LogP contribution in [0.15, 0.2) is 23.5 Å². The zero-order valence-electron chi connectivity index (χ0n) is 11.0. The van der Waals surface area contributed by atoms with Gasteiger partial charge < -0.3 is 10.8 Å². The van der Waals surface area contributed by atoms with E-state index in [1.165, 1.54) is 0 Å². The van der Waals surface area contributed by atoms with Crippen LogP contribution in [0.1, 0.15) is 13.8 Å². The van der Waals surface area contributed by atoms with Gasteiger partial charge in [-0.15, -0.1) is 0 Å². The summed E-state index contributed by atoms with van der Waals surface area (Å²) in [6.07, 6.45) is 1.59. The molecule has 7 nitrogen and oxygen atoms in total. The number of carbonyl (C=O) groups excluding carboxylic acids is 1. The Bertz CT molecular complexity index is 680. The molecule has 0 aliphatic heterocycles. The fraction of sp³-hybridized carbons (Fsp3) is 0.333. The number of fused-ring (bicyclic) bond motifs is 1. The van der Waals surface area contributed by atoms with Crippen molar-refractivity contribution in [1.29, 1.82) is 0 Å². The molecular weight excluding hydrogens is 280 g/mol. The summed E-state index contributed by atoms with van der Waals surface area (Å²) in [4.78, 5) is 30.9. The number of hydrogen-bond acceptors (Lipinski definition) is 5. The van der Waals surface area contributed by atoms with Crippen LogP contribution in [0.2, 0.25) is 0 Å². The van der Waals surface area contributed by atoms with Crippen LogP contribution in [0.4, 0.5) is 0 Å². The molecule has 0 radical (unpaired) electrons. The number of primary amides is 1. The van der Waals surface area contributed by atoms with E-state index in [1.807, 2.05) is 0 Å². The van der Waals surface area contributed by atoms with Crippen molar-refractivity contribution in [2.45, 2.75) is 24.5 Å². The maximum Gasteiger partial charge on any atom is 0.313 e. The van der Waals surface area contributed by atoms with Gasteiger partial charge in [-0.05, 0) is 26.0 Å². The molecule has 3 N–H and O–H groups in total. The Balaban J connectivity index is 2.61. The number of rotatable bonds is 5. The zero-order chi connectivity index (χ0) is 14.9. The van der Waals surface area contributed by atoms with E-state index in [1.54, 1.807) is 36.7 Å². The zero-order valence-corrected chi connectivity index (χ0v) is 11.8. The van der Waals surface area contributed by atoms with Crippen molar-refractivity contribution in [3.8, 4) is 0 Å². The average molecular weight is 294 g/mol. The molecule has 2 rings (SSSR count). The first kappa shape index (κ1) is 14.3. The second-order valence-corrected chi connectivity index (χ2v) is 5.62. The first-order chi connectivity index (χ1) is 9.34. The van der Waals surface area contributed by atoms with Crippen LogP contribution >= 0.6 is 11.8 Å². The smallest absolute Gasteiger partial charge is 0.313 e. The van der Waals surface area contributed by atoms with Crippen molar-refractivity contribution in [3.05, 3.63) is 18.3 Å². The average Bonchev–Trinajstić information content (AvgIpc) is 2.74. The van der Waals surface area contributed by atoms with Gasteiger partial charge in [-0.1, -0.05) is 11.8 Å². The molecule has 0 atom stereocenters. The Morgan fingerprint density at radius 3 is 2.80 bits per heavy atom. The van der Waals surface area contributed by atoms with Crippen LogP contribution in [0.3, 0.4) is 0 Å². The van der Waals surface area contributed by atoms with Crippen LogP contribution < -0.4 is 5.73 Å². The summed E-state index contributed by atoms with van der Waals surface area (Å²) in [5.41, 5.74) is 5.48. The Labute approximate surface area is 119 Å². The number of pyridine rings is 1. The normalized spacial score (nSPS) is 11.7. The van der Waals surface area contributed by atoms with Crippen molar-refractivity contribution < 1.29 is 14.7 Å². The van der Waals surface area contributed by atoms with Crippen LogP contribution in [0.5, 0.6) is 0 Å². The summed E-state index contributed by atoms with van der Waals surface area (Å²) in [6.45, 7) is 3.30. The van der Waals surface area contributed by atoms with E-state index in [4.69, 9.17) is 10.8 Å². The first-order valence-corrected chi connectivity index (χ1v) is 6.81. The number of nitrogens with two attached hydrogens (primary N) is 1. The Kier molecular flexibility index (Phi) is 3.67. The molecule has 106 valence electrons. The molecule has 0 fully saturated rings. The number of carboxylic acids is 1. The largest absolute Gasteiger partial charge is 0.481 e. The number of aromatic nitrogens is 3. The van der Waals surface area contributed by atoms with Gasteiger partial charge in [-0.25, -0.2) is 9.97 Å². The number of aliphatic carboxylic acids is 1. The van der Waals surface area contributed by atoms with E-state index in [0.717, 1.165) is 11.8 Å². The van der Waals surface area contributed by atoms with Crippen LogP contribution in [-0.2, 0) is 15.1 Å². The number of hydrogen-bond donors (Lipinski definition) is 2. The van der Waals surface area contributed by atoms with Crippen molar-refractivity contribution in [2.75, 3.05) is 5.75 Å². The highest BCUT2D eigenvalue weighted by Crippen LogP contribution is 2.29. The van der Waals surface area contributed by atoms with E-state index >= 15 is 0 Å². The Morgan fingerprint density at radius 1 is 1.50 bits per heavy atom. The molecule has 2 aromatic rings. The summed E-state index contributed by atoms with van der Waals surface area (Å²) < 4.78 is 1.58. The van der Waals surface area contributed by atoms with Gasteiger partial charge in [0, 0.05) is 6.20 Å². The van der Waals surface area contributed by atoms with Crippen LogP contribution in [0, 0.1) is 0 Å². The highest BCUT2D eigenvalue weighted by molar-refractivity contribution is 7.99. The maximum atomic E-state index is 11.7. The van der Waals surface area contributed by atoms with Crippen molar-refractivity contribution in [3.63, 3.8) is 0 Å². The topological polar surface area (TPSA) is 111 Å². The van der Waals surface area contributed by atoms with E-state index in [-0.39, 0.29) is 5.75 Å². The molecule has 0 spiro atoms. The lowest BCUT2D eigenvalue weighted by Crippen LogP contribution is -2.41. The highest BCUT2D eigenvalue weighted by atomic mass is 32.2. The summed E-state index contributed by atoms with van der Waals surface area (Å²) in [5.74, 6) is -1.66. The predicted molar refractivity (Wildman–Crippen MR) is 74.4 cm³/mol. The third-order valence-corrected chi connectivity index (χ3v) is 3.80. The minimum atomic E-state index is -1.05. The number of carbonyl (C=O) groups is 2. The fourth-order valence-electron chi connectivity index (χ4n) is 1.73. The molecule has 0 bridgehead atoms. The summed E-state index contributed by atoms with van der Waals surface area (Å²) in [5, 5.41) is 9.19. The maximum absolute atomic E-state index is 11.7. The first-order valence-electron chi connectivity index (χ1n) is 5.82. The van der Waals surface area contributed by atoms with Gasteiger partial charge in [0.15, 0.2) is 10.8 Å². The summed E-state index contributed by atoms with van der Waals surface area (Å²) in [7, 11) is 0. The van der Waals surface area contributed by atoms with Gasteiger partial charge in [0.1, 0.15) is 11.1 Å². The van der Waals surface area contributed by atoms with Gasteiger partial charge in [-0.2, -0.15) is 0 Å². The molecule has 0 unspecified atom stereocenters. The van der Waals surface area contributed by atoms with Crippen molar-refractivity contribution in [1.82, 2.24) is 14.5 Å². The summed E-state index contributed by atoms with van der Waals surface area (Å²) in [6, 6.07) is 3.48.